The number of carbonyl (C=O) groups excluding carboxylic acids is 1. The largest absolute Gasteiger partial charge is 0.493 e. The van der Waals surface area contributed by atoms with Crippen LogP contribution in [0.25, 0.3) is 16.9 Å². The van der Waals surface area contributed by atoms with Crippen molar-refractivity contribution in [2.24, 2.45) is 0 Å². The van der Waals surface area contributed by atoms with Gasteiger partial charge in [-0.15, -0.1) is 0 Å². The minimum absolute atomic E-state index is 0.177. The molecule has 40 heavy (non-hydrogen) atoms. The van der Waals surface area contributed by atoms with E-state index in [2.05, 4.69) is 32.7 Å². The number of methoxy groups -OCH3 is 2. The molecular formula is C31H28N6O3. The third-order valence-corrected chi connectivity index (χ3v) is 6.82. The topological polar surface area (TPSA) is 106 Å². The molecule has 3 heterocycles. The molecule has 1 aliphatic carbocycles. The number of carbonyl (C=O) groups is 1. The van der Waals surface area contributed by atoms with Crippen LogP contribution in [-0.2, 0) is 0 Å². The highest BCUT2D eigenvalue weighted by molar-refractivity contribution is 5.96. The lowest BCUT2D eigenvalue weighted by atomic mass is 9.96. The lowest BCUT2D eigenvalue weighted by Crippen LogP contribution is -2.23. The number of imidazole rings is 1. The number of nitrogens with one attached hydrogen (secondary N) is 3. The zero-order chi connectivity index (χ0) is 27.5. The van der Waals surface area contributed by atoms with Crippen LogP contribution in [0, 0.1) is 0 Å². The first kappa shape index (κ1) is 25.0. The summed E-state index contributed by atoms with van der Waals surface area (Å²) < 4.78 is 12.7. The van der Waals surface area contributed by atoms with E-state index in [0.29, 0.717) is 34.2 Å². The molecule has 1 aliphatic rings. The van der Waals surface area contributed by atoms with Gasteiger partial charge >= 0.3 is 0 Å². The second kappa shape index (κ2) is 10.8. The van der Waals surface area contributed by atoms with Crippen LogP contribution >= 0.6 is 0 Å². The van der Waals surface area contributed by atoms with Crippen LogP contribution in [-0.4, -0.2) is 39.5 Å². The number of amides is 1. The molecule has 0 bridgehead atoms. The average molecular weight is 533 g/mol. The molecule has 1 atom stereocenters. The van der Waals surface area contributed by atoms with Gasteiger partial charge in [-0.05, 0) is 48.9 Å². The Kier molecular flexibility index (Phi) is 6.76. The van der Waals surface area contributed by atoms with E-state index in [1.807, 2.05) is 77.6 Å². The number of aromatic nitrogens is 4. The fourth-order valence-corrected chi connectivity index (χ4v) is 4.75. The first-order chi connectivity index (χ1) is 19.6. The van der Waals surface area contributed by atoms with Crippen molar-refractivity contribution in [1.82, 2.24) is 24.7 Å². The lowest BCUT2D eigenvalue weighted by molar-refractivity contribution is 0.0967. The number of hydrogen-bond donors (Lipinski definition) is 3. The molecule has 1 unspecified atom stereocenters. The predicted molar refractivity (Wildman–Crippen MR) is 154 cm³/mol. The fourth-order valence-electron chi connectivity index (χ4n) is 4.75. The predicted octanol–water partition coefficient (Wildman–Crippen LogP) is 5.84. The van der Waals surface area contributed by atoms with E-state index in [4.69, 9.17) is 14.5 Å². The monoisotopic (exact) mass is 532 g/mol. The molecule has 3 aromatic heterocycles. The SMILES string of the molecule is COc1ccc(Nc2nc(-c3cccc(C(=O)NC4=CCC(c5ccc[nH]5)C=C4)c3)cn3ccnc23)cc1OC. The highest BCUT2D eigenvalue weighted by Crippen LogP contribution is 2.32. The highest BCUT2D eigenvalue weighted by atomic mass is 16.5. The van der Waals surface area contributed by atoms with Crippen LogP contribution in [0.3, 0.4) is 0 Å². The summed E-state index contributed by atoms with van der Waals surface area (Å²) >= 11 is 0. The van der Waals surface area contributed by atoms with Gasteiger partial charge in [0.2, 0.25) is 0 Å². The van der Waals surface area contributed by atoms with Gasteiger partial charge in [-0.25, -0.2) is 9.97 Å². The molecule has 6 rings (SSSR count). The van der Waals surface area contributed by atoms with Crippen molar-refractivity contribution in [3.63, 3.8) is 0 Å². The number of aromatic amines is 1. The van der Waals surface area contributed by atoms with Crippen molar-refractivity contribution in [1.29, 1.82) is 0 Å². The zero-order valence-corrected chi connectivity index (χ0v) is 22.1. The van der Waals surface area contributed by atoms with E-state index in [1.54, 1.807) is 26.5 Å². The number of ether oxygens (including phenoxy) is 2. The Morgan fingerprint density at radius 3 is 2.75 bits per heavy atom. The molecule has 2 aromatic carbocycles. The van der Waals surface area contributed by atoms with Gasteiger partial charge in [0.15, 0.2) is 23.0 Å². The molecule has 0 spiro atoms. The van der Waals surface area contributed by atoms with E-state index in [1.165, 1.54) is 0 Å². The third kappa shape index (κ3) is 5.04. The highest BCUT2D eigenvalue weighted by Gasteiger charge is 2.16. The minimum Gasteiger partial charge on any atom is -0.493 e. The van der Waals surface area contributed by atoms with Gasteiger partial charge in [0.1, 0.15) is 0 Å². The van der Waals surface area contributed by atoms with Crippen molar-refractivity contribution < 1.29 is 14.3 Å². The van der Waals surface area contributed by atoms with E-state index >= 15 is 0 Å². The van der Waals surface area contributed by atoms with E-state index in [-0.39, 0.29) is 11.8 Å². The Bertz CT molecular complexity index is 1740. The summed E-state index contributed by atoms with van der Waals surface area (Å²) in [5, 5.41) is 6.37. The van der Waals surface area contributed by atoms with Gasteiger partial charge in [-0.3, -0.25) is 4.79 Å². The zero-order valence-electron chi connectivity index (χ0n) is 22.1. The number of anilines is 2. The molecular weight excluding hydrogens is 504 g/mol. The molecule has 0 aliphatic heterocycles. The third-order valence-electron chi connectivity index (χ3n) is 6.82. The summed E-state index contributed by atoms with van der Waals surface area (Å²) in [7, 11) is 3.19. The van der Waals surface area contributed by atoms with Crippen molar-refractivity contribution in [3.8, 4) is 22.8 Å². The van der Waals surface area contributed by atoms with Gasteiger partial charge in [0.25, 0.3) is 5.91 Å². The molecule has 200 valence electrons. The number of H-pyrrole nitrogens is 1. The van der Waals surface area contributed by atoms with Crippen LogP contribution in [0.5, 0.6) is 11.5 Å². The Hall–Kier alpha value is -5.31. The van der Waals surface area contributed by atoms with Crippen molar-refractivity contribution >= 4 is 23.1 Å². The quantitative estimate of drug-likeness (QED) is 0.232. The van der Waals surface area contributed by atoms with E-state index in [0.717, 1.165) is 29.1 Å². The van der Waals surface area contributed by atoms with Crippen molar-refractivity contribution in [2.45, 2.75) is 12.3 Å². The van der Waals surface area contributed by atoms with Crippen molar-refractivity contribution in [2.75, 3.05) is 19.5 Å². The van der Waals surface area contributed by atoms with Crippen molar-refractivity contribution in [3.05, 3.63) is 115 Å². The van der Waals surface area contributed by atoms with Crippen LogP contribution in [0.4, 0.5) is 11.5 Å². The molecule has 0 radical (unpaired) electrons. The second-order valence-electron chi connectivity index (χ2n) is 9.35. The summed E-state index contributed by atoms with van der Waals surface area (Å²) in [6.45, 7) is 0. The smallest absolute Gasteiger partial charge is 0.255 e. The summed E-state index contributed by atoms with van der Waals surface area (Å²) in [6, 6.07) is 17.0. The van der Waals surface area contributed by atoms with Gasteiger partial charge in [0, 0.05) is 65.0 Å². The van der Waals surface area contributed by atoms with Gasteiger partial charge in [-0.1, -0.05) is 24.3 Å². The normalized spacial score (nSPS) is 14.6. The maximum Gasteiger partial charge on any atom is 0.255 e. The van der Waals surface area contributed by atoms with Crippen LogP contribution in [0.15, 0.2) is 103 Å². The van der Waals surface area contributed by atoms with E-state index in [9.17, 15) is 4.79 Å². The molecule has 1 amide bonds. The van der Waals surface area contributed by atoms with Crippen LogP contribution in [0.1, 0.15) is 28.4 Å². The maximum absolute atomic E-state index is 13.1. The fraction of sp³-hybridized carbons (Fsp3) is 0.129. The first-order valence-electron chi connectivity index (χ1n) is 12.9. The Labute approximate surface area is 231 Å². The molecule has 0 fully saturated rings. The number of rotatable bonds is 8. The number of allylic oxidation sites excluding steroid dienone is 3. The first-order valence-corrected chi connectivity index (χ1v) is 12.9. The minimum atomic E-state index is -0.177. The molecule has 0 saturated carbocycles. The number of hydrogen-bond acceptors (Lipinski definition) is 6. The summed E-state index contributed by atoms with van der Waals surface area (Å²) in [6.07, 6.45) is 14.3. The standard InChI is InChI=1S/C31H28N6O3/c1-39-27-13-12-24(18-28(27)40-2)34-29-30-33-15-16-37(30)19-26(36-29)21-5-3-6-22(17-21)31(38)35-23-10-8-20(9-11-23)25-7-4-14-32-25/h3-8,10-20,32H,9H2,1-2H3,(H,34,36)(H,35,38). The molecule has 3 N–H and O–H groups in total. The van der Waals surface area contributed by atoms with Crippen LogP contribution in [0.2, 0.25) is 0 Å². The summed E-state index contributed by atoms with van der Waals surface area (Å²) in [4.78, 5) is 25.7. The van der Waals surface area contributed by atoms with E-state index < -0.39 is 0 Å². The lowest BCUT2D eigenvalue weighted by Gasteiger charge is -2.16. The Morgan fingerprint density at radius 1 is 1.07 bits per heavy atom. The van der Waals surface area contributed by atoms with Gasteiger partial charge in [-0.2, -0.15) is 0 Å². The summed E-state index contributed by atoms with van der Waals surface area (Å²) in [5.41, 5.74) is 5.42. The number of nitrogens with zero attached hydrogens (tertiary/aromatic N) is 3. The molecule has 0 saturated heterocycles. The summed E-state index contributed by atoms with van der Waals surface area (Å²) in [5.74, 6) is 1.91. The number of fused-ring (bicyclic) bond motifs is 1. The van der Waals surface area contributed by atoms with Crippen LogP contribution < -0.4 is 20.1 Å². The maximum atomic E-state index is 13.1. The molecule has 5 aromatic rings. The Balaban J connectivity index is 1.24. The number of benzene rings is 2. The molecule has 9 nitrogen and oxygen atoms in total. The Morgan fingerprint density at radius 2 is 1.98 bits per heavy atom. The molecule has 9 heteroatoms. The van der Waals surface area contributed by atoms with Gasteiger partial charge < -0.3 is 29.5 Å². The second-order valence-corrected chi connectivity index (χ2v) is 9.35. The average Bonchev–Trinajstić information content (AvgIpc) is 3.70. The van der Waals surface area contributed by atoms with Gasteiger partial charge in [0.05, 0.1) is 19.9 Å².